The molecule has 2 atom stereocenters. The summed E-state index contributed by atoms with van der Waals surface area (Å²) in [5.74, 6) is 1.35. The van der Waals surface area contributed by atoms with E-state index in [1.54, 1.807) is 0 Å². The first-order chi connectivity index (χ1) is 5.56. The Kier molecular flexibility index (Phi) is 2.99. The van der Waals surface area contributed by atoms with Gasteiger partial charge < -0.3 is 0 Å². The fourth-order valence-corrected chi connectivity index (χ4v) is 2.10. The van der Waals surface area contributed by atoms with E-state index in [1.165, 1.54) is 11.9 Å². The lowest BCUT2D eigenvalue weighted by Crippen LogP contribution is -2.29. The lowest BCUT2D eigenvalue weighted by Gasteiger charge is -2.32. The second-order valence-electron chi connectivity index (χ2n) is 4.04. The van der Waals surface area contributed by atoms with Gasteiger partial charge >= 0.3 is 0 Å². The third-order valence-electron chi connectivity index (χ3n) is 2.86. The number of nitrogens with zero attached hydrogens (tertiary/aromatic N) is 1. The van der Waals surface area contributed by atoms with Crippen LogP contribution in [0.1, 0.15) is 27.7 Å². The topological polar surface area (TPSA) is 12.4 Å². The van der Waals surface area contributed by atoms with Gasteiger partial charge in [-0.1, -0.05) is 33.8 Å². The van der Waals surface area contributed by atoms with E-state index >= 15 is 0 Å². The molecule has 2 heteroatoms. The van der Waals surface area contributed by atoms with E-state index in [0.29, 0.717) is 11.8 Å². The van der Waals surface area contributed by atoms with Gasteiger partial charge in [0.2, 0.25) is 0 Å². The Hall–Kier alpha value is -0.240. The average molecular weight is 183 g/mol. The van der Waals surface area contributed by atoms with Crippen molar-refractivity contribution in [2.24, 2.45) is 21.6 Å². The molecule has 0 amide bonds. The van der Waals surface area contributed by atoms with Crippen molar-refractivity contribution in [1.82, 2.24) is 0 Å². The van der Waals surface area contributed by atoms with Crippen LogP contribution in [0.2, 0.25) is 0 Å². The minimum atomic E-state index is 0.166. The minimum Gasteiger partial charge on any atom is -0.224 e. The predicted molar refractivity (Wildman–Crippen MR) is 57.3 cm³/mol. The van der Waals surface area contributed by atoms with Gasteiger partial charge in [0.25, 0.3) is 0 Å². The molecule has 0 spiro atoms. The molecule has 68 valence electrons. The van der Waals surface area contributed by atoms with Crippen LogP contribution in [-0.4, -0.2) is 6.21 Å². The molecule has 0 bridgehead atoms. The molecule has 0 aliphatic carbocycles. The highest BCUT2D eigenvalue weighted by Gasteiger charge is 2.29. The first-order valence-corrected chi connectivity index (χ1v) is 5.28. The predicted octanol–water partition coefficient (Wildman–Crippen LogP) is 3.53. The Bertz CT molecular complexity index is 194. The van der Waals surface area contributed by atoms with Crippen LogP contribution in [0.4, 0.5) is 0 Å². The number of hydrogen-bond donors (Lipinski definition) is 0. The molecule has 12 heavy (non-hydrogen) atoms. The third kappa shape index (κ3) is 1.92. The van der Waals surface area contributed by atoms with Crippen molar-refractivity contribution in [3.63, 3.8) is 0 Å². The van der Waals surface area contributed by atoms with Crippen molar-refractivity contribution in [1.29, 1.82) is 0 Å². The molecular formula is C10H17NS. The molecule has 2 unspecified atom stereocenters. The maximum Gasteiger partial charge on any atom is 0.0251 e. The second kappa shape index (κ2) is 3.65. The van der Waals surface area contributed by atoms with Gasteiger partial charge in [0.15, 0.2) is 0 Å². The summed E-state index contributed by atoms with van der Waals surface area (Å²) in [7, 11) is 0. The molecular weight excluding hydrogens is 166 g/mol. The van der Waals surface area contributed by atoms with Gasteiger partial charge in [-0.25, -0.2) is 4.40 Å². The minimum absolute atomic E-state index is 0.166. The van der Waals surface area contributed by atoms with Crippen LogP contribution in [0.25, 0.3) is 0 Å². The maximum atomic E-state index is 4.24. The van der Waals surface area contributed by atoms with E-state index in [1.807, 2.05) is 0 Å². The van der Waals surface area contributed by atoms with Crippen LogP contribution in [0.3, 0.4) is 0 Å². The molecule has 0 N–H and O–H groups in total. The van der Waals surface area contributed by atoms with Crippen LogP contribution in [-0.2, 0) is 0 Å². The lowest BCUT2D eigenvalue weighted by molar-refractivity contribution is 0.293. The first-order valence-electron chi connectivity index (χ1n) is 4.44. The average Bonchev–Trinajstić information content (AvgIpc) is 2.04. The fourth-order valence-electron chi connectivity index (χ4n) is 1.39. The van der Waals surface area contributed by atoms with E-state index in [4.69, 9.17) is 0 Å². The van der Waals surface area contributed by atoms with Gasteiger partial charge in [0, 0.05) is 23.6 Å². The number of rotatable bonds is 2. The zero-order valence-electron chi connectivity index (χ0n) is 8.24. The molecule has 0 aromatic heterocycles. The summed E-state index contributed by atoms with van der Waals surface area (Å²) in [5.41, 5.74) is 0.166. The summed E-state index contributed by atoms with van der Waals surface area (Å²) in [4.78, 5) is 0. The van der Waals surface area contributed by atoms with Crippen LogP contribution in [0.5, 0.6) is 0 Å². The van der Waals surface area contributed by atoms with E-state index in [2.05, 4.69) is 49.8 Å². The molecule has 0 aromatic carbocycles. The second-order valence-corrected chi connectivity index (χ2v) is 4.74. The fraction of sp³-hybridized carbons (Fsp3) is 0.700. The molecule has 1 nitrogen and oxygen atoms in total. The maximum absolute atomic E-state index is 4.24. The summed E-state index contributed by atoms with van der Waals surface area (Å²) in [6.45, 7) is 9.06. The molecule has 0 saturated heterocycles. The highest BCUT2D eigenvalue weighted by molar-refractivity contribution is 8.01. The van der Waals surface area contributed by atoms with E-state index < -0.39 is 0 Å². The standard InChI is InChI=1S/C10H17NS/c1-8(2)9(3)10(4)5-6-12-11-7-10/h5-9H,1-4H3. The molecule has 0 saturated carbocycles. The van der Waals surface area contributed by atoms with Crippen molar-refractivity contribution in [3.05, 3.63) is 11.5 Å². The SMILES string of the molecule is CC(C)C(C)C1(C)C=CSN=C1. The Balaban J connectivity index is 2.76. The molecule has 1 rings (SSSR count). The van der Waals surface area contributed by atoms with Gasteiger partial charge in [-0.15, -0.1) is 0 Å². The summed E-state index contributed by atoms with van der Waals surface area (Å²) < 4.78 is 4.24. The van der Waals surface area contributed by atoms with E-state index in [0.717, 1.165) is 0 Å². The van der Waals surface area contributed by atoms with Gasteiger partial charge in [-0.05, 0) is 17.2 Å². The van der Waals surface area contributed by atoms with Gasteiger partial charge in [0.1, 0.15) is 0 Å². The quantitative estimate of drug-likeness (QED) is 0.597. The summed E-state index contributed by atoms with van der Waals surface area (Å²) in [5, 5.41) is 2.08. The van der Waals surface area contributed by atoms with E-state index in [-0.39, 0.29) is 5.41 Å². The molecule has 1 aliphatic heterocycles. The van der Waals surface area contributed by atoms with Gasteiger partial charge in [-0.2, -0.15) is 0 Å². The molecule has 0 aromatic rings. The summed E-state index contributed by atoms with van der Waals surface area (Å²) in [6.07, 6.45) is 4.33. The summed E-state index contributed by atoms with van der Waals surface area (Å²) >= 11 is 1.52. The van der Waals surface area contributed by atoms with Crippen LogP contribution < -0.4 is 0 Å². The van der Waals surface area contributed by atoms with Crippen LogP contribution in [0.15, 0.2) is 15.9 Å². The highest BCUT2D eigenvalue weighted by atomic mass is 32.2. The van der Waals surface area contributed by atoms with Gasteiger partial charge in [-0.3, -0.25) is 0 Å². The number of hydrogen-bond acceptors (Lipinski definition) is 2. The van der Waals surface area contributed by atoms with Crippen molar-refractivity contribution >= 4 is 18.2 Å². The zero-order valence-corrected chi connectivity index (χ0v) is 9.06. The van der Waals surface area contributed by atoms with Gasteiger partial charge in [0.05, 0.1) is 0 Å². The van der Waals surface area contributed by atoms with Crippen molar-refractivity contribution < 1.29 is 0 Å². The number of allylic oxidation sites excluding steroid dienone is 1. The largest absolute Gasteiger partial charge is 0.224 e. The van der Waals surface area contributed by atoms with Crippen LogP contribution in [0, 0.1) is 17.3 Å². The Labute approximate surface area is 79.5 Å². The van der Waals surface area contributed by atoms with E-state index in [9.17, 15) is 0 Å². The Morgan fingerprint density at radius 2 is 2.00 bits per heavy atom. The smallest absolute Gasteiger partial charge is 0.0251 e. The lowest BCUT2D eigenvalue weighted by atomic mass is 9.73. The summed E-state index contributed by atoms with van der Waals surface area (Å²) in [6, 6.07) is 0. The monoisotopic (exact) mass is 183 g/mol. The molecule has 0 fully saturated rings. The first kappa shape index (κ1) is 9.85. The normalized spacial score (nSPS) is 31.1. The molecule has 1 aliphatic rings. The van der Waals surface area contributed by atoms with Crippen molar-refractivity contribution in [3.8, 4) is 0 Å². The third-order valence-corrected chi connectivity index (χ3v) is 3.35. The van der Waals surface area contributed by atoms with Crippen LogP contribution >= 0.6 is 11.9 Å². The molecule has 0 radical (unpaired) electrons. The van der Waals surface area contributed by atoms with Crippen molar-refractivity contribution in [2.75, 3.05) is 0 Å². The molecule has 1 heterocycles. The Morgan fingerprint density at radius 3 is 2.42 bits per heavy atom. The van der Waals surface area contributed by atoms with Crippen molar-refractivity contribution in [2.45, 2.75) is 27.7 Å². The highest BCUT2D eigenvalue weighted by Crippen LogP contribution is 2.35. The Morgan fingerprint density at radius 1 is 1.33 bits per heavy atom. The zero-order chi connectivity index (χ0) is 9.19.